The maximum Gasteiger partial charge on any atom is 0.339 e. The SMILES string of the molecule is Cc1cc(C)c(S(=O)(=O)Oc2ccc(N=Cc3cccc4ccccc34)cc2)c(C)c1. The number of fused-ring (bicyclic) bond motifs is 1. The molecule has 4 nitrogen and oxygen atoms in total. The summed E-state index contributed by atoms with van der Waals surface area (Å²) < 4.78 is 31.0. The van der Waals surface area contributed by atoms with Crippen LogP contribution in [0.15, 0.2) is 88.8 Å². The second kappa shape index (κ2) is 8.36. The van der Waals surface area contributed by atoms with Crippen molar-refractivity contribution in [3.8, 4) is 5.75 Å². The topological polar surface area (TPSA) is 55.7 Å². The first-order valence-corrected chi connectivity index (χ1v) is 11.4. The molecule has 4 aromatic carbocycles. The lowest BCUT2D eigenvalue weighted by Gasteiger charge is -2.13. The Morgan fingerprint density at radius 3 is 2.16 bits per heavy atom. The van der Waals surface area contributed by atoms with Crippen LogP contribution in [-0.4, -0.2) is 14.6 Å². The molecule has 0 radical (unpaired) electrons. The fourth-order valence-corrected chi connectivity index (χ4v) is 5.18. The van der Waals surface area contributed by atoms with E-state index in [2.05, 4.69) is 23.2 Å². The minimum absolute atomic E-state index is 0.219. The number of hydrogen-bond donors (Lipinski definition) is 0. The van der Waals surface area contributed by atoms with Crippen molar-refractivity contribution in [1.82, 2.24) is 0 Å². The van der Waals surface area contributed by atoms with Gasteiger partial charge < -0.3 is 4.18 Å². The highest BCUT2D eigenvalue weighted by Crippen LogP contribution is 2.27. The molecule has 0 N–H and O–H groups in total. The number of aryl methyl sites for hydroxylation is 3. The molecular weight excluding hydrogens is 406 g/mol. The standard InChI is InChI=1S/C26H23NO3S/c1-18-15-19(2)26(20(3)16-18)31(28,29)30-24-13-11-23(12-14-24)27-17-22-9-6-8-21-7-4-5-10-25(21)22/h4-17H,1-3H3. The molecule has 0 saturated carbocycles. The Balaban J connectivity index is 1.55. The van der Waals surface area contributed by atoms with Gasteiger partial charge in [-0.05, 0) is 66.9 Å². The molecule has 156 valence electrons. The monoisotopic (exact) mass is 429 g/mol. The summed E-state index contributed by atoms with van der Waals surface area (Å²) >= 11 is 0. The van der Waals surface area contributed by atoms with Gasteiger partial charge >= 0.3 is 10.1 Å². The van der Waals surface area contributed by atoms with E-state index in [1.165, 1.54) is 0 Å². The lowest BCUT2D eigenvalue weighted by atomic mass is 10.1. The highest BCUT2D eigenvalue weighted by molar-refractivity contribution is 7.87. The van der Waals surface area contributed by atoms with Gasteiger partial charge in [-0.1, -0.05) is 60.2 Å². The summed E-state index contributed by atoms with van der Waals surface area (Å²) in [6.45, 7) is 5.50. The Kier molecular flexibility index (Phi) is 5.61. The number of benzene rings is 4. The Bertz CT molecular complexity index is 1360. The van der Waals surface area contributed by atoms with Crippen LogP contribution in [0.25, 0.3) is 10.8 Å². The minimum atomic E-state index is -3.92. The summed E-state index contributed by atoms with van der Waals surface area (Å²) in [5.41, 5.74) is 4.09. The average Bonchev–Trinajstić information content (AvgIpc) is 2.72. The van der Waals surface area contributed by atoms with Gasteiger partial charge in [-0.3, -0.25) is 4.99 Å². The first kappa shape index (κ1) is 20.8. The molecule has 4 aromatic rings. The third-order valence-corrected chi connectivity index (χ3v) is 6.63. The van der Waals surface area contributed by atoms with Gasteiger partial charge in [0.1, 0.15) is 10.6 Å². The van der Waals surface area contributed by atoms with Crippen LogP contribution < -0.4 is 4.18 Å². The zero-order chi connectivity index (χ0) is 22.0. The molecule has 0 atom stereocenters. The van der Waals surface area contributed by atoms with Gasteiger partial charge in [0.25, 0.3) is 0 Å². The smallest absolute Gasteiger partial charge is 0.339 e. The number of nitrogens with zero attached hydrogens (tertiary/aromatic N) is 1. The van der Waals surface area contributed by atoms with Crippen LogP contribution in [0.1, 0.15) is 22.3 Å². The molecular formula is C26H23NO3S. The van der Waals surface area contributed by atoms with E-state index in [-0.39, 0.29) is 10.6 Å². The van der Waals surface area contributed by atoms with E-state index < -0.39 is 10.1 Å². The van der Waals surface area contributed by atoms with E-state index in [9.17, 15) is 8.42 Å². The molecule has 0 bridgehead atoms. The van der Waals surface area contributed by atoms with Crippen LogP contribution in [0, 0.1) is 20.8 Å². The van der Waals surface area contributed by atoms with Crippen molar-refractivity contribution < 1.29 is 12.6 Å². The Hall–Kier alpha value is -3.44. The number of aliphatic imine (C=N–C) groups is 1. The molecule has 4 rings (SSSR count). The quantitative estimate of drug-likeness (QED) is 0.277. The average molecular weight is 430 g/mol. The van der Waals surface area contributed by atoms with E-state index in [1.807, 2.05) is 49.5 Å². The van der Waals surface area contributed by atoms with Crippen molar-refractivity contribution in [2.24, 2.45) is 4.99 Å². The van der Waals surface area contributed by atoms with Gasteiger partial charge in [0, 0.05) is 11.8 Å². The van der Waals surface area contributed by atoms with Crippen molar-refractivity contribution in [2.45, 2.75) is 25.7 Å². The van der Waals surface area contributed by atoms with Crippen LogP contribution in [0.2, 0.25) is 0 Å². The van der Waals surface area contributed by atoms with Crippen molar-refractivity contribution in [2.75, 3.05) is 0 Å². The first-order chi connectivity index (χ1) is 14.8. The molecule has 5 heteroatoms. The fourth-order valence-electron chi connectivity index (χ4n) is 3.82. The van der Waals surface area contributed by atoms with Gasteiger partial charge in [-0.25, -0.2) is 0 Å². The van der Waals surface area contributed by atoms with E-state index >= 15 is 0 Å². The molecule has 0 heterocycles. The largest absolute Gasteiger partial charge is 0.379 e. The van der Waals surface area contributed by atoms with E-state index in [0.29, 0.717) is 16.8 Å². The molecule has 0 aromatic heterocycles. The van der Waals surface area contributed by atoms with Crippen molar-refractivity contribution in [3.63, 3.8) is 0 Å². The van der Waals surface area contributed by atoms with Gasteiger partial charge in [-0.15, -0.1) is 0 Å². The lowest BCUT2D eigenvalue weighted by Crippen LogP contribution is -2.13. The Morgan fingerprint density at radius 2 is 1.45 bits per heavy atom. The van der Waals surface area contributed by atoms with Crippen LogP contribution in [0.3, 0.4) is 0 Å². The highest BCUT2D eigenvalue weighted by atomic mass is 32.2. The maximum absolute atomic E-state index is 12.8. The van der Waals surface area contributed by atoms with Gasteiger partial charge in [-0.2, -0.15) is 8.42 Å². The minimum Gasteiger partial charge on any atom is -0.379 e. The number of rotatable bonds is 5. The first-order valence-electron chi connectivity index (χ1n) is 9.98. The molecule has 0 fully saturated rings. The van der Waals surface area contributed by atoms with Crippen LogP contribution in [0.5, 0.6) is 5.75 Å². The van der Waals surface area contributed by atoms with E-state index in [1.54, 1.807) is 38.1 Å². The van der Waals surface area contributed by atoms with E-state index in [4.69, 9.17) is 4.18 Å². The van der Waals surface area contributed by atoms with E-state index in [0.717, 1.165) is 21.9 Å². The van der Waals surface area contributed by atoms with Crippen molar-refractivity contribution in [1.29, 1.82) is 0 Å². The fraction of sp³-hybridized carbons (Fsp3) is 0.115. The highest BCUT2D eigenvalue weighted by Gasteiger charge is 2.22. The van der Waals surface area contributed by atoms with Crippen LogP contribution in [0.4, 0.5) is 5.69 Å². The zero-order valence-corrected chi connectivity index (χ0v) is 18.5. The van der Waals surface area contributed by atoms with Crippen LogP contribution >= 0.6 is 0 Å². The molecule has 0 aliphatic carbocycles. The van der Waals surface area contributed by atoms with Gasteiger partial charge in [0.15, 0.2) is 0 Å². The molecule has 0 amide bonds. The summed E-state index contributed by atoms with van der Waals surface area (Å²) in [5, 5.41) is 2.28. The molecule has 31 heavy (non-hydrogen) atoms. The zero-order valence-electron chi connectivity index (χ0n) is 17.7. The maximum atomic E-state index is 12.8. The second-order valence-corrected chi connectivity index (χ2v) is 9.07. The predicted octanol–water partition coefficient (Wildman–Crippen LogP) is 6.28. The van der Waals surface area contributed by atoms with Crippen molar-refractivity contribution >= 4 is 32.8 Å². The predicted molar refractivity (Wildman–Crippen MR) is 126 cm³/mol. The summed E-state index contributed by atoms with van der Waals surface area (Å²) in [5.74, 6) is 0.253. The van der Waals surface area contributed by atoms with Crippen molar-refractivity contribution in [3.05, 3.63) is 101 Å². The third kappa shape index (κ3) is 4.52. The molecule has 0 spiro atoms. The molecule has 0 aliphatic rings. The Labute approximate surface area is 183 Å². The molecule has 0 aliphatic heterocycles. The molecule has 0 unspecified atom stereocenters. The van der Waals surface area contributed by atoms with Gasteiger partial charge in [0.05, 0.1) is 5.69 Å². The van der Waals surface area contributed by atoms with Gasteiger partial charge in [0.2, 0.25) is 0 Å². The second-order valence-electron chi connectivity index (χ2n) is 7.59. The summed E-state index contributed by atoms with van der Waals surface area (Å²) in [7, 11) is -3.92. The summed E-state index contributed by atoms with van der Waals surface area (Å²) in [4.78, 5) is 4.75. The normalized spacial score (nSPS) is 11.8. The van der Waals surface area contributed by atoms with Crippen LogP contribution in [-0.2, 0) is 10.1 Å². The third-order valence-electron chi connectivity index (χ3n) is 5.07. The number of hydrogen-bond acceptors (Lipinski definition) is 4. The summed E-state index contributed by atoms with van der Waals surface area (Å²) in [6.07, 6.45) is 1.81. The molecule has 0 saturated heterocycles. The lowest BCUT2D eigenvalue weighted by molar-refractivity contribution is 0.485. The Morgan fingerprint density at radius 1 is 0.806 bits per heavy atom. The summed E-state index contributed by atoms with van der Waals surface area (Å²) in [6, 6.07) is 24.6.